The van der Waals surface area contributed by atoms with Crippen molar-refractivity contribution in [3.63, 3.8) is 0 Å². The minimum atomic E-state index is -0.916. The number of nitrogens with zero attached hydrogens (tertiary/aromatic N) is 2. The first-order chi connectivity index (χ1) is 25.6. The van der Waals surface area contributed by atoms with Crippen LogP contribution >= 0.6 is 31.9 Å². The predicted octanol–water partition coefficient (Wildman–Crippen LogP) is 8.96. The van der Waals surface area contributed by atoms with Crippen LogP contribution < -0.4 is 17.2 Å². The molecule has 55 heavy (non-hydrogen) atoms. The average Bonchev–Trinajstić information content (AvgIpc) is 3.67. The first kappa shape index (κ1) is 44.2. The van der Waals surface area contributed by atoms with E-state index >= 15 is 0 Å². The van der Waals surface area contributed by atoms with Gasteiger partial charge < -0.3 is 31.8 Å². The zero-order chi connectivity index (χ0) is 40.8. The third kappa shape index (κ3) is 12.2. The molecule has 2 amide bonds. The molecule has 6 atom stereocenters. The molecule has 0 aromatic heterocycles. The van der Waals surface area contributed by atoms with Gasteiger partial charge in [0, 0.05) is 33.1 Å². The van der Waals surface area contributed by atoms with Crippen LogP contribution in [-0.2, 0) is 25.5 Å². The van der Waals surface area contributed by atoms with Crippen molar-refractivity contribution >= 4 is 72.9 Å². The summed E-state index contributed by atoms with van der Waals surface area (Å²) in [4.78, 5) is 52.9. The molecule has 2 heterocycles. The van der Waals surface area contributed by atoms with Crippen LogP contribution in [0.1, 0.15) is 111 Å². The molecular formula is C41H59Br2N5O7. The Balaban J connectivity index is 0.000000207. The highest BCUT2D eigenvalue weighted by Gasteiger charge is 2.50. The lowest BCUT2D eigenvalue weighted by atomic mass is 9.84. The molecule has 7 N–H and O–H groups in total. The van der Waals surface area contributed by atoms with Crippen molar-refractivity contribution in [2.24, 2.45) is 11.8 Å². The second kappa shape index (κ2) is 18.6. The Kier molecular flexibility index (Phi) is 15.0. The van der Waals surface area contributed by atoms with Gasteiger partial charge in [0.25, 0.3) is 0 Å². The smallest absolute Gasteiger partial charge is 0.411 e. The summed E-state index contributed by atoms with van der Waals surface area (Å²) in [6.07, 6.45) is 9.12. The number of nitrogens with two attached hydrogens (primary N) is 3. The number of anilines is 3. The number of rotatable bonds is 4. The second-order valence-corrected chi connectivity index (χ2v) is 18.9. The lowest BCUT2D eigenvalue weighted by Gasteiger charge is -2.35. The molecule has 6 rings (SSSR count). The van der Waals surface area contributed by atoms with Crippen LogP contribution in [0, 0.1) is 11.8 Å². The molecule has 0 unspecified atom stereocenters. The Morgan fingerprint density at radius 1 is 0.673 bits per heavy atom. The summed E-state index contributed by atoms with van der Waals surface area (Å²) in [5.41, 5.74) is 18.5. The van der Waals surface area contributed by atoms with E-state index in [1.807, 2.05) is 45.0 Å². The van der Waals surface area contributed by atoms with Crippen LogP contribution in [0.4, 0.5) is 26.7 Å². The number of halogens is 2. The van der Waals surface area contributed by atoms with Crippen LogP contribution in [0.15, 0.2) is 45.3 Å². The molecule has 4 aliphatic rings. The maximum Gasteiger partial charge on any atom is 0.411 e. The molecule has 2 saturated carbocycles. The van der Waals surface area contributed by atoms with Gasteiger partial charge in [0.05, 0.1) is 17.4 Å². The number of ketones is 1. The molecular weight excluding hydrogens is 834 g/mol. The molecule has 4 fully saturated rings. The summed E-state index contributed by atoms with van der Waals surface area (Å²) in [5.74, 6) is -0.158. The highest BCUT2D eigenvalue weighted by atomic mass is 79.9. The molecule has 14 heteroatoms. The van der Waals surface area contributed by atoms with Crippen LogP contribution in [0.3, 0.4) is 0 Å². The molecule has 2 aromatic carbocycles. The van der Waals surface area contributed by atoms with E-state index in [4.69, 9.17) is 26.7 Å². The van der Waals surface area contributed by atoms with Crippen LogP contribution in [0.5, 0.6) is 0 Å². The monoisotopic (exact) mass is 891 g/mol. The van der Waals surface area contributed by atoms with Crippen molar-refractivity contribution in [2.75, 3.05) is 17.2 Å². The first-order valence-electron chi connectivity index (χ1n) is 19.3. The topological polar surface area (TPSA) is 192 Å². The highest BCUT2D eigenvalue weighted by molar-refractivity contribution is 9.10. The van der Waals surface area contributed by atoms with E-state index in [-0.39, 0.29) is 30.4 Å². The fourth-order valence-electron chi connectivity index (χ4n) is 8.16. The zero-order valence-electron chi connectivity index (χ0n) is 33.0. The number of amides is 2. The number of carbonyl (C=O) groups is 4. The van der Waals surface area contributed by atoms with Gasteiger partial charge in [-0.1, -0.05) is 63.6 Å². The number of hydrogen-bond donors (Lipinski definition) is 4. The molecule has 304 valence electrons. The lowest BCUT2D eigenvalue weighted by Crippen LogP contribution is -2.48. The largest absolute Gasteiger partial charge is 0.480 e. The van der Waals surface area contributed by atoms with Gasteiger partial charge >= 0.3 is 18.2 Å². The number of likely N-dealkylation sites (tertiary alicyclic amines) is 2. The Morgan fingerprint density at radius 2 is 1.11 bits per heavy atom. The Bertz CT molecular complexity index is 1690. The molecule has 0 bridgehead atoms. The Morgan fingerprint density at radius 3 is 1.55 bits per heavy atom. The van der Waals surface area contributed by atoms with Gasteiger partial charge in [-0.25, -0.2) is 14.4 Å². The number of carboxylic acids is 1. The van der Waals surface area contributed by atoms with Gasteiger partial charge in [0.2, 0.25) is 0 Å². The van der Waals surface area contributed by atoms with Crippen molar-refractivity contribution in [1.82, 2.24) is 9.80 Å². The van der Waals surface area contributed by atoms with E-state index in [1.165, 1.54) is 11.3 Å². The Hall–Kier alpha value is -3.52. The number of Topliss-reactive ketones (excluding diaryl/α,β-unsaturated/α-hetero) is 1. The molecule has 2 aliphatic carbocycles. The number of ether oxygens (including phenoxy) is 2. The summed E-state index contributed by atoms with van der Waals surface area (Å²) in [6, 6.07) is 9.98. The van der Waals surface area contributed by atoms with Gasteiger partial charge in [0.1, 0.15) is 17.2 Å². The normalized spacial score (nSPS) is 24.6. The van der Waals surface area contributed by atoms with Crippen molar-refractivity contribution in [3.05, 3.63) is 50.9 Å². The molecule has 2 saturated heterocycles. The van der Waals surface area contributed by atoms with E-state index in [9.17, 15) is 24.3 Å². The summed E-state index contributed by atoms with van der Waals surface area (Å²) < 4.78 is 12.9. The molecule has 0 radical (unpaired) electrons. The quantitative estimate of drug-likeness (QED) is 0.216. The van der Waals surface area contributed by atoms with E-state index in [1.54, 1.807) is 37.8 Å². The summed E-state index contributed by atoms with van der Waals surface area (Å²) in [5, 5.41) is 9.33. The highest BCUT2D eigenvalue weighted by Crippen LogP contribution is 2.42. The average molecular weight is 894 g/mol. The van der Waals surface area contributed by atoms with Gasteiger partial charge in [-0.2, -0.15) is 0 Å². The third-order valence-electron chi connectivity index (χ3n) is 10.6. The van der Waals surface area contributed by atoms with Crippen molar-refractivity contribution in [2.45, 2.75) is 148 Å². The number of carbonyl (C=O) groups excluding carboxylic acids is 3. The Labute approximate surface area is 342 Å². The fourth-order valence-corrected chi connectivity index (χ4v) is 8.92. The zero-order valence-corrected chi connectivity index (χ0v) is 36.2. The SMILES string of the molecule is CC(C)(C)OC(=O)N1[C@H](C(=O)Cc2ccc(Br)cc2N)C[C@@H]2CCCC[C@@H]21.CC(C)(C)OC(=O)N1[C@H](C(=O)O)C[C@@H]2CCCC[C@@H]21.Nc1ccc(Br)cc1N. The first-order valence-corrected chi connectivity index (χ1v) is 20.9. The van der Waals surface area contributed by atoms with Crippen molar-refractivity contribution in [1.29, 1.82) is 0 Å². The standard InChI is InChI=1S/C21H29BrN2O3.C14H23NO4.C6H7BrN2/c1-21(2,3)27-20(26)24-17-7-5-4-6-14(17)10-18(24)19(25)11-13-8-9-15(22)12-16(13)23;1-14(2,3)19-13(18)15-10-7-5-4-6-9(10)8-11(15)12(16)17;7-4-1-2-5(8)6(9)3-4/h8-9,12,14,17-18H,4-7,10-11,23H2,1-3H3;9-11H,4-8H2,1-3H3,(H,16,17);1-3H,8-9H2/t14-,17-,18-;9-,10-,11-;/m00./s1. The number of carboxylic acid groups (broad SMARTS) is 1. The fraction of sp³-hybridized carbons (Fsp3) is 0.610. The minimum absolute atomic E-state index is 0.0456. The number of fused-ring (bicyclic) bond motifs is 2. The van der Waals surface area contributed by atoms with Crippen LogP contribution in [-0.4, -0.2) is 74.2 Å². The van der Waals surface area contributed by atoms with Crippen LogP contribution in [0.2, 0.25) is 0 Å². The van der Waals surface area contributed by atoms with Gasteiger partial charge in [-0.05, 0) is 128 Å². The van der Waals surface area contributed by atoms with Crippen molar-refractivity contribution in [3.8, 4) is 0 Å². The lowest BCUT2D eigenvalue weighted by molar-refractivity contribution is -0.142. The number of aliphatic carboxylic acids is 1. The predicted molar refractivity (Wildman–Crippen MR) is 222 cm³/mol. The summed E-state index contributed by atoms with van der Waals surface area (Å²) in [7, 11) is 0. The van der Waals surface area contributed by atoms with E-state index in [0.717, 1.165) is 65.9 Å². The van der Waals surface area contributed by atoms with Crippen LogP contribution in [0.25, 0.3) is 0 Å². The number of benzene rings is 2. The van der Waals surface area contributed by atoms with Gasteiger partial charge in [-0.3, -0.25) is 14.6 Å². The molecule has 2 aliphatic heterocycles. The van der Waals surface area contributed by atoms with E-state index in [0.29, 0.717) is 35.3 Å². The van der Waals surface area contributed by atoms with E-state index < -0.39 is 35.3 Å². The third-order valence-corrected chi connectivity index (χ3v) is 11.5. The minimum Gasteiger partial charge on any atom is -0.480 e. The van der Waals surface area contributed by atoms with Gasteiger partial charge in [0.15, 0.2) is 5.78 Å². The number of hydrogen-bond acceptors (Lipinski definition) is 9. The second-order valence-electron chi connectivity index (χ2n) is 17.1. The molecule has 12 nitrogen and oxygen atoms in total. The molecule has 2 aromatic rings. The maximum absolute atomic E-state index is 13.2. The maximum atomic E-state index is 13.2. The van der Waals surface area contributed by atoms with Crippen molar-refractivity contribution < 1.29 is 33.8 Å². The molecule has 0 spiro atoms. The number of nitrogen functional groups attached to an aromatic ring is 3. The summed E-state index contributed by atoms with van der Waals surface area (Å²) in [6.45, 7) is 11.0. The van der Waals surface area contributed by atoms with Gasteiger partial charge in [-0.15, -0.1) is 0 Å². The summed E-state index contributed by atoms with van der Waals surface area (Å²) >= 11 is 6.65. The van der Waals surface area contributed by atoms with E-state index in [2.05, 4.69) is 31.9 Å².